The van der Waals surface area contributed by atoms with Crippen LogP contribution in [-0.2, 0) is 16.1 Å². The Bertz CT molecular complexity index is 1100. The highest BCUT2D eigenvalue weighted by Gasteiger charge is 2.28. The smallest absolute Gasteiger partial charge is 0.325 e. The van der Waals surface area contributed by atoms with Crippen LogP contribution < -0.4 is 5.32 Å². The van der Waals surface area contributed by atoms with Gasteiger partial charge in [0.05, 0.1) is 7.11 Å². The number of rotatable bonds is 5. The minimum absolute atomic E-state index is 0.0891. The van der Waals surface area contributed by atoms with Gasteiger partial charge in [-0.15, -0.1) is 0 Å². The van der Waals surface area contributed by atoms with Crippen LogP contribution in [0, 0.1) is 12.7 Å². The normalized spacial score (nSPS) is 18.7. The number of halogens is 1. The van der Waals surface area contributed by atoms with Crippen LogP contribution in [-0.4, -0.2) is 34.6 Å². The zero-order valence-electron chi connectivity index (χ0n) is 17.7. The molecule has 0 unspecified atom stereocenters. The Labute approximate surface area is 180 Å². The van der Waals surface area contributed by atoms with E-state index in [-0.39, 0.29) is 36.2 Å². The molecule has 0 aliphatic heterocycles. The third-order valence-corrected chi connectivity index (χ3v) is 6.22. The fourth-order valence-electron chi connectivity index (χ4n) is 4.68. The van der Waals surface area contributed by atoms with Gasteiger partial charge in [-0.25, -0.2) is 4.39 Å². The lowest BCUT2D eigenvalue weighted by atomic mass is 9.80. The highest BCUT2D eigenvalue weighted by atomic mass is 19.1. The molecule has 1 aromatic carbocycles. The minimum Gasteiger partial charge on any atom is -0.468 e. The standard InChI is InChI=1S/C24H26FN3O3/c1-15-23(19-13-17(25)8-11-21(19)28(15)14-22(29)31-2)16-6-9-18(10-7-16)27-24(30)20-5-3-4-12-26-20/h3-5,8,11-13,16,18H,6-7,9-10,14H2,1-2H3,(H,27,30). The SMILES string of the molecule is COC(=O)Cn1c(C)c(C2CCC(NC(=O)c3ccccn3)CC2)c2cc(F)ccc21. The Morgan fingerprint density at radius 1 is 1.19 bits per heavy atom. The molecule has 1 fully saturated rings. The number of carbonyl (C=O) groups is 2. The molecule has 1 aliphatic carbocycles. The maximum absolute atomic E-state index is 14.1. The number of methoxy groups -OCH3 is 1. The number of amides is 1. The molecule has 0 atom stereocenters. The predicted molar refractivity (Wildman–Crippen MR) is 115 cm³/mol. The van der Waals surface area contributed by atoms with Gasteiger partial charge >= 0.3 is 5.97 Å². The van der Waals surface area contributed by atoms with Gasteiger partial charge in [0, 0.05) is 28.8 Å². The average molecular weight is 423 g/mol. The highest BCUT2D eigenvalue weighted by molar-refractivity contribution is 5.92. The van der Waals surface area contributed by atoms with Gasteiger partial charge < -0.3 is 14.6 Å². The molecule has 1 N–H and O–H groups in total. The molecule has 2 aromatic heterocycles. The van der Waals surface area contributed by atoms with E-state index in [0.29, 0.717) is 5.69 Å². The van der Waals surface area contributed by atoms with Crippen LogP contribution in [0.1, 0.15) is 53.3 Å². The lowest BCUT2D eigenvalue weighted by Gasteiger charge is -2.29. The van der Waals surface area contributed by atoms with Gasteiger partial charge in [-0.2, -0.15) is 0 Å². The monoisotopic (exact) mass is 423 g/mol. The largest absolute Gasteiger partial charge is 0.468 e. The van der Waals surface area contributed by atoms with Crippen molar-refractivity contribution in [1.82, 2.24) is 14.9 Å². The Balaban J connectivity index is 1.53. The van der Waals surface area contributed by atoms with E-state index >= 15 is 0 Å². The summed E-state index contributed by atoms with van der Waals surface area (Å²) in [5, 5.41) is 3.93. The molecule has 3 aromatic rings. The zero-order valence-corrected chi connectivity index (χ0v) is 17.7. The fraction of sp³-hybridized carbons (Fsp3) is 0.375. The quantitative estimate of drug-likeness (QED) is 0.627. The van der Waals surface area contributed by atoms with E-state index in [4.69, 9.17) is 4.74 Å². The number of pyridine rings is 1. The number of carbonyl (C=O) groups excluding carboxylic acids is 2. The van der Waals surface area contributed by atoms with Gasteiger partial charge in [0.15, 0.2) is 0 Å². The van der Waals surface area contributed by atoms with Crippen molar-refractivity contribution < 1.29 is 18.7 Å². The molecule has 7 heteroatoms. The van der Waals surface area contributed by atoms with Gasteiger partial charge in [-0.3, -0.25) is 14.6 Å². The number of esters is 1. The number of aromatic nitrogens is 2. The highest BCUT2D eigenvalue weighted by Crippen LogP contribution is 2.40. The second kappa shape index (κ2) is 8.88. The van der Waals surface area contributed by atoms with Crippen LogP contribution in [0.3, 0.4) is 0 Å². The van der Waals surface area contributed by atoms with Crippen molar-refractivity contribution in [2.75, 3.05) is 7.11 Å². The third-order valence-electron chi connectivity index (χ3n) is 6.22. The van der Waals surface area contributed by atoms with Gasteiger partial charge in [-0.05, 0) is 74.4 Å². The maximum atomic E-state index is 14.1. The van der Waals surface area contributed by atoms with Crippen LogP contribution in [0.25, 0.3) is 10.9 Å². The Kier molecular flexibility index (Phi) is 6.02. The Morgan fingerprint density at radius 2 is 1.97 bits per heavy atom. The first-order chi connectivity index (χ1) is 15.0. The number of benzene rings is 1. The van der Waals surface area contributed by atoms with Crippen molar-refractivity contribution in [1.29, 1.82) is 0 Å². The van der Waals surface area contributed by atoms with Crippen molar-refractivity contribution in [2.24, 2.45) is 0 Å². The first-order valence-electron chi connectivity index (χ1n) is 10.5. The lowest BCUT2D eigenvalue weighted by Crippen LogP contribution is -2.37. The van der Waals surface area contributed by atoms with E-state index in [1.54, 1.807) is 36.5 Å². The molecule has 4 rings (SSSR count). The summed E-state index contributed by atoms with van der Waals surface area (Å²) in [6.07, 6.45) is 5.03. The van der Waals surface area contributed by atoms with Crippen LogP contribution >= 0.6 is 0 Å². The molecule has 2 heterocycles. The van der Waals surface area contributed by atoms with E-state index in [1.165, 1.54) is 13.2 Å². The van der Waals surface area contributed by atoms with Crippen molar-refractivity contribution in [2.45, 2.75) is 51.1 Å². The summed E-state index contributed by atoms with van der Waals surface area (Å²) in [5.74, 6) is -0.541. The van der Waals surface area contributed by atoms with Crippen molar-refractivity contribution in [3.63, 3.8) is 0 Å². The van der Waals surface area contributed by atoms with Crippen LogP contribution in [0.5, 0.6) is 0 Å². The molecule has 1 saturated carbocycles. The Hall–Kier alpha value is -3.22. The maximum Gasteiger partial charge on any atom is 0.325 e. The van der Waals surface area contributed by atoms with E-state index < -0.39 is 0 Å². The molecule has 31 heavy (non-hydrogen) atoms. The summed E-state index contributed by atoms with van der Waals surface area (Å²) < 4.78 is 20.8. The first kappa shape index (κ1) is 21.0. The Morgan fingerprint density at radius 3 is 2.65 bits per heavy atom. The van der Waals surface area contributed by atoms with Gasteiger partial charge in [0.25, 0.3) is 5.91 Å². The molecule has 1 amide bonds. The minimum atomic E-state index is -0.336. The topological polar surface area (TPSA) is 73.2 Å². The second-order valence-corrected chi connectivity index (χ2v) is 8.06. The summed E-state index contributed by atoms with van der Waals surface area (Å²) in [6, 6.07) is 10.1. The number of nitrogens with zero attached hydrogens (tertiary/aromatic N) is 2. The number of nitrogens with one attached hydrogen (secondary N) is 1. The summed E-state index contributed by atoms with van der Waals surface area (Å²) in [5.41, 5.74) is 3.31. The van der Waals surface area contributed by atoms with E-state index in [0.717, 1.165) is 47.8 Å². The number of ether oxygens (including phenoxy) is 1. The van der Waals surface area contributed by atoms with E-state index in [2.05, 4.69) is 10.3 Å². The van der Waals surface area contributed by atoms with Gasteiger partial charge in [0.2, 0.25) is 0 Å². The summed E-state index contributed by atoms with van der Waals surface area (Å²) in [7, 11) is 1.37. The van der Waals surface area contributed by atoms with Crippen molar-refractivity contribution in [3.8, 4) is 0 Å². The van der Waals surface area contributed by atoms with E-state index in [9.17, 15) is 14.0 Å². The third kappa shape index (κ3) is 4.31. The van der Waals surface area contributed by atoms with Crippen molar-refractivity contribution >= 4 is 22.8 Å². The molecule has 6 nitrogen and oxygen atoms in total. The average Bonchev–Trinajstić information content (AvgIpc) is 3.05. The summed E-state index contributed by atoms with van der Waals surface area (Å²) >= 11 is 0. The zero-order chi connectivity index (χ0) is 22.0. The van der Waals surface area contributed by atoms with Gasteiger partial charge in [0.1, 0.15) is 18.1 Å². The molecule has 0 radical (unpaired) electrons. The second-order valence-electron chi connectivity index (χ2n) is 8.06. The first-order valence-corrected chi connectivity index (χ1v) is 10.5. The van der Waals surface area contributed by atoms with Crippen molar-refractivity contribution in [3.05, 3.63) is 65.4 Å². The summed E-state index contributed by atoms with van der Waals surface area (Å²) in [6.45, 7) is 2.07. The lowest BCUT2D eigenvalue weighted by molar-refractivity contribution is -0.141. The van der Waals surface area contributed by atoms with Crippen LogP contribution in [0.4, 0.5) is 4.39 Å². The molecular weight excluding hydrogens is 397 g/mol. The predicted octanol–water partition coefficient (Wildman–Crippen LogP) is 4.11. The van der Waals surface area contributed by atoms with E-state index in [1.807, 2.05) is 11.5 Å². The van der Waals surface area contributed by atoms with Crippen LogP contribution in [0.2, 0.25) is 0 Å². The molecule has 0 bridgehead atoms. The molecule has 0 saturated heterocycles. The molecule has 162 valence electrons. The summed E-state index contributed by atoms with van der Waals surface area (Å²) in [4.78, 5) is 28.4. The molecular formula is C24H26FN3O3. The number of hydrogen-bond acceptors (Lipinski definition) is 4. The van der Waals surface area contributed by atoms with Gasteiger partial charge in [-0.1, -0.05) is 6.07 Å². The number of fused-ring (bicyclic) bond motifs is 1. The molecule has 0 spiro atoms. The van der Waals surface area contributed by atoms with Crippen LogP contribution in [0.15, 0.2) is 42.6 Å². The molecule has 1 aliphatic rings. The fourth-order valence-corrected chi connectivity index (χ4v) is 4.68. The number of hydrogen-bond donors (Lipinski definition) is 1.